The van der Waals surface area contributed by atoms with Crippen molar-refractivity contribution in [3.8, 4) is 0 Å². The van der Waals surface area contributed by atoms with E-state index in [1.165, 1.54) is 27.7 Å². The van der Waals surface area contributed by atoms with E-state index < -0.39 is 65.3 Å². The first-order valence-electron chi connectivity index (χ1n) is 15.3. The number of benzene rings is 2. The van der Waals surface area contributed by atoms with Gasteiger partial charge in [-0.25, -0.2) is 26.0 Å². The summed E-state index contributed by atoms with van der Waals surface area (Å²) in [6.07, 6.45) is -2.30. The average molecular weight is 828 g/mol. The van der Waals surface area contributed by atoms with Crippen molar-refractivity contribution in [1.82, 2.24) is 4.57 Å². The van der Waals surface area contributed by atoms with Crippen LogP contribution in [0.3, 0.4) is 0 Å². The Balaban J connectivity index is 0.00000729. The molecule has 1 aliphatic rings. The van der Waals surface area contributed by atoms with Gasteiger partial charge in [0.1, 0.15) is 5.82 Å². The number of imidazole rings is 1. The molecule has 0 fully saturated rings. The SMILES string of the molecule is CCN1\C(=C/C=C/C=C/c2n(CC)c3cc(Cl)c(C(F)(F)F)cc3[n+]2CCCS(=O)(=O)[O-])N(CCCS(=O)(=O)[O-])c2cc(C(F)(F)F)c(Cl)cc21.[Na+]. The summed E-state index contributed by atoms with van der Waals surface area (Å²) < 4.78 is 153. The molecule has 2 aromatic carbocycles. The molecule has 1 aliphatic heterocycles. The van der Waals surface area contributed by atoms with Crippen molar-refractivity contribution < 1.29 is 86.4 Å². The van der Waals surface area contributed by atoms with Gasteiger partial charge in [0.25, 0.3) is 5.82 Å². The summed E-state index contributed by atoms with van der Waals surface area (Å²) in [5, 5.41) is -1.09. The van der Waals surface area contributed by atoms with Crippen LogP contribution in [0.1, 0.15) is 43.6 Å². The Morgan fingerprint density at radius 3 is 1.88 bits per heavy atom. The minimum absolute atomic E-state index is 0. The third-order valence-electron chi connectivity index (χ3n) is 7.91. The maximum absolute atomic E-state index is 13.7. The van der Waals surface area contributed by atoms with Gasteiger partial charge in [0.2, 0.25) is 0 Å². The first kappa shape index (κ1) is 44.1. The molecule has 280 valence electrons. The molecule has 0 aliphatic carbocycles. The van der Waals surface area contributed by atoms with Gasteiger partial charge in [-0.15, -0.1) is 0 Å². The van der Waals surface area contributed by atoms with Gasteiger partial charge in [0.05, 0.1) is 65.9 Å². The number of hydrogen-bond donors (Lipinski definition) is 0. The maximum Gasteiger partial charge on any atom is 1.00 e. The molecule has 0 radical (unpaired) electrons. The van der Waals surface area contributed by atoms with Crippen LogP contribution in [0.2, 0.25) is 10.0 Å². The third kappa shape index (κ3) is 10.5. The Morgan fingerprint density at radius 1 is 0.769 bits per heavy atom. The minimum atomic E-state index is -4.79. The first-order chi connectivity index (χ1) is 23.6. The van der Waals surface area contributed by atoms with Crippen LogP contribution in [0.5, 0.6) is 0 Å². The van der Waals surface area contributed by atoms with E-state index >= 15 is 0 Å². The number of rotatable bonds is 13. The summed E-state index contributed by atoms with van der Waals surface area (Å²) in [6.45, 7) is 3.73. The van der Waals surface area contributed by atoms with Gasteiger partial charge in [0, 0.05) is 42.8 Å². The summed E-state index contributed by atoms with van der Waals surface area (Å²) in [5.41, 5.74) is -1.37. The third-order valence-corrected chi connectivity index (χ3v) is 10.1. The van der Waals surface area contributed by atoms with Crippen LogP contribution >= 0.6 is 23.2 Å². The van der Waals surface area contributed by atoms with Gasteiger partial charge in [-0.1, -0.05) is 41.4 Å². The second kappa shape index (κ2) is 17.0. The normalized spacial score (nSPS) is 15.1. The Hall–Kier alpha value is -2.29. The number of allylic oxidation sites excluding steroid dienone is 4. The summed E-state index contributed by atoms with van der Waals surface area (Å²) in [6, 6.07) is 4.02. The molecule has 52 heavy (non-hydrogen) atoms. The Labute approximate surface area is 328 Å². The molecule has 0 amide bonds. The zero-order valence-corrected chi connectivity index (χ0v) is 33.1. The molecule has 0 saturated carbocycles. The van der Waals surface area contributed by atoms with Crippen molar-refractivity contribution in [2.75, 3.05) is 34.4 Å². The summed E-state index contributed by atoms with van der Waals surface area (Å²) in [5.74, 6) is -0.806. The van der Waals surface area contributed by atoms with Gasteiger partial charge >= 0.3 is 41.9 Å². The monoisotopic (exact) mass is 826 g/mol. The zero-order chi connectivity index (χ0) is 38.1. The molecule has 0 N–H and O–H groups in total. The smallest absolute Gasteiger partial charge is 0.748 e. The maximum atomic E-state index is 13.7. The van der Waals surface area contributed by atoms with Gasteiger partial charge in [0.15, 0.2) is 11.0 Å². The topological polar surface area (TPSA) is 130 Å². The van der Waals surface area contributed by atoms with Crippen molar-refractivity contribution in [2.45, 2.75) is 52.1 Å². The molecule has 0 unspecified atom stereocenters. The number of alkyl halides is 6. The summed E-state index contributed by atoms with van der Waals surface area (Å²) >= 11 is 12.0. The van der Waals surface area contributed by atoms with E-state index in [4.69, 9.17) is 23.2 Å². The minimum Gasteiger partial charge on any atom is -0.748 e. The Bertz CT molecular complexity index is 2120. The fourth-order valence-electron chi connectivity index (χ4n) is 5.83. The number of anilines is 2. The van der Waals surface area contributed by atoms with Crippen LogP contribution in [-0.2, 0) is 45.7 Å². The number of fused-ring (bicyclic) bond motifs is 2. The molecule has 0 saturated heterocycles. The zero-order valence-electron chi connectivity index (χ0n) is 27.9. The van der Waals surface area contributed by atoms with Crippen molar-refractivity contribution in [3.05, 3.63) is 81.4 Å². The quantitative estimate of drug-likeness (QED) is 0.0835. The number of aryl methyl sites for hydroxylation is 2. The molecule has 1 aromatic heterocycles. The number of aromatic nitrogens is 2. The van der Waals surface area contributed by atoms with Crippen molar-refractivity contribution in [2.24, 2.45) is 0 Å². The second-order valence-electron chi connectivity index (χ2n) is 11.3. The molecule has 0 atom stereocenters. The standard InChI is InChI=1S/C31H32Cl2F6N4O6S2.Na/c1-3-40-26-18-22(32)20(30(34,35)36)16-24(26)42(12-8-14-50(44,45)46)28(40)10-6-5-7-11-29-41(4-2)27-19-23(33)21(31(37,38)39)17-25(27)43(29)13-9-15-51(47,48)49;/h5-7,10-11,16-19H,3-4,8-9,12-15H2,1-2H3,(H-,44,45,46,47,48,49);/q;+1/p-1. The molecule has 3 aromatic rings. The van der Waals surface area contributed by atoms with Gasteiger partial charge < -0.3 is 18.9 Å². The van der Waals surface area contributed by atoms with E-state index in [1.54, 1.807) is 35.5 Å². The van der Waals surface area contributed by atoms with E-state index in [1.807, 2.05) is 0 Å². The van der Waals surface area contributed by atoms with Crippen molar-refractivity contribution in [1.29, 1.82) is 0 Å². The van der Waals surface area contributed by atoms with Crippen LogP contribution in [-0.4, -0.2) is 55.1 Å². The Morgan fingerprint density at radius 2 is 1.33 bits per heavy atom. The molecular formula is C31H31Cl2F6N4NaO6S2. The average Bonchev–Trinajstić information content (AvgIpc) is 3.43. The second-order valence-corrected chi connectivity index (χ2v) is 15.1. The number of halogens is 8. The van der Waals surface area contributed by atoms with Crippen LogP contribution in [0.4, 0.5) is 37.7 Å². The van der Waals surface area contributed by atoms with E-state index in [0.717, 1.165) is 24.3 Å². The van der Waals surface area contributed by atoms with Crippen LogP contribution in [0, 0.1) is 0 Å². The molecule has 10 nitrogen and oxygen atoms in total. The fraction of sp³-hybridized carbons (Fsp3) is 0.387. The van der Waals surface area contributed by atoms with Crippen LogP contribution in [0.15, 0.2) is 54.4 Å². The fourth-order valence-corrected chi connectivity index (χ4v) is 7.32. The van der Waals surface area contributed by atoms with E-state index in [9.17, 15) is 52.3 Å². The van der Waals surface area contributed by atoms with E-state index in [-0.39, 0.29) is 79.8 Å². The first-order valence-corrected chi connectivity index (χ1v) is 19.2. The van der Waals surface area contributed by atoms with Crippen LogP contribution in [0.25, 0.3) is 17.1 Å². The van der Waals surface area contributed by atoms with Crippen molar-refractivity contribution >= 4 is 71.9 Å². The molecule has 0 spiro atoms. The largest absolute Gasteiger partial charge is 1.00 e. The molecule has 2 heterocycles. The molecular weight excluding hydrogens is 796 g/mol. The molecule has 0 bridgehead atoms. The number of hydrogen-bond acceptors (Lipinski definition) is 8. The van der Waals surface area contributed by atoms with E-state index in [2.05, 4.69) is 0 Å². The van der Waals surface area contributed by atoms with Gasteiger partial charge in [-0.2, -0.15) is 26.3 Å². The predicted molar refractivity (Wildman–Crippen MR) is 179 cm³/mol. The summed E-state index contributed by atoms with van der Waals surface area (Å²) in [7, 11) is -9.22. The Kier molecular flexibility index (Phi) is 14.4. The van der Waals surface area contributed by atoms with Gasteiger partial charge in [-0.3, -0.25) is 0 Å². The van der Waals surface area contributed by atoms with Crippen molar-refractivity contribution in [3.63, 3.8) is 0 Å². The molecule has 4 rings (SSSR count). The van der Waals surface area contributed by atoms with Crippen LogP contribution < -0.4 is 43.9 Å². The van der Waals surface area contributed by atoms with E-state index in [0.29, 0.717) is 22.8 Å². The van der Waals surface area contributed by atoms with Gasteiger partial charge in [-0.05, 0) is 44.9 Å². The predicted octanol–water partition coefficient (Wildman–Crippen LogP) is 3.93. The summed E-state index contributed by atoms with van der Waals surface area (Å²) in [4.78, 5) is 3.09. The number of nitrogens with zero attached hydrogens (tertiary/aromatic N) is 4. The molecule has 21 heteroatoms.